The molecule has 124 valence electrons. The average molecular weight is 322 g/mol. The van der Waals surface area contributed by atoms with Crippen molar-refractivity contribution in [3.8, 4) is 0 Å². The first-order valence-corrected chi connectivity index (χ1v) is 8.29. The number of nitrogens with one attached hydrogen (secondary N) is 1. The van der Waals surface area contributed by atoms with Crippen LogP contribution >= 0.6 is 0 Å². The predicted octanol–water partition coefficient (Wildman–Crippen LogP) is 2.78. The first-order valence-electron chi connectivity index (χ1n) is 8.29. The third-order valence-corrected chi connectivity index (χ3v) is 4.23. The zero-order valence-electron chi connectivity index (χ0n) is 14.0. The standard InChI is InChI=1S/C20H22N2O2/c1-14(2)21-19(23)18(12-15-8-4-3-5-9-15)22-13-16-10-6-7-11-17(16)20(22)24/h3-11,14,18H,12-13H2,1-2H3,(H,21,23)/t18-/m0/s1. The van der Waals surface area contributed by atoms with E-state index >= 15 is 0 Å². The Morgan fingerprint density at radius 3 is 2.42 bits per heavy atom. The highest BCUT2D eigenvalue weighted by Crippen LogP contribution is 2.26. The molecule has 3 rings (SSSR count). The molecule has 2 amide bonds. The molecule has 0 bridgehead atoms. The second-order valence-electron chi connectivity index (χ2n) is 6.46. The molecule has 0 fully saturated rings. The lowest BCUT2D eigenvalue weighted by molar-refractivity contribution is -0.126. The minimum absolute atomic E-state index is 0.0378. The van der Waals surface area contributed by atoms with E-state index < -0.39 is 6.04 Å². The molecule has 0 unspecified atom stereocenters. The van der Waals surface area contributed by atoms with E-state index in [-0.39, 0.29) is 17.9 Å². The van der Waals surface area contributed by atoms with Crippen LogP contribution in [0.3, 0.4) is 0 Å². The predicted molar refractivity (Wildman–Crippen MR) is 93.5 cm³/mol. The van der Waals surface area contributed by atoms with E-state index in [1.807, 2.05) is 68.4 Å². The number of hydrogen-bond acceptors (Lipinski definition) is 2. The molecular weight excluding hydrogens is 300 g/mol. The van der Waals surface area contributed by atoms with E-state index in [2.05, 4.69) is 5.32 Å². The fourth-order valence-corrected chi connectivity index (χ4v) is 3.09. The molecular formula is C20H22N2O2. The summed E-state index contributed by atoms with van der Waals surface area (Å²) in [6.07, 6.45) is 0.513. The molecule has 4 heteroatoms. The van der Waals surface area contributed by atoms with E-state index in [1.54, 1.807) is 4.90 Å². The summed E-state index contributed by atoms with van der Waals surface area (Å²) in [6, 6.07) is 16.9. The van der Waals surface area contributed by atoms with Crippen LogP contribution in [0.1, 0.15) is 35.3 Å². The lowest BCUT2D eigenvalue weighted by atomic mass is 10.0. The van der Waals surface area contributed by atoms with E-state index in [1.165, 1.54) is 0 Å². The highest BCUT2D eigenvalue weighted by atomic mass is 16.2. The zero-order chi connectivity index (χ0) is 17.1. The summed E-state index contributed by atoms with van der Waals surface area (Å²) >= 11 is 0. The molecule has 2 aromatic carbocycles. The van der Waals surface area contributed by atoms with E-state index in [9.17, 15) is 9.59 Å². The monoisotopic (exact) mass is 322 g/mol. The van der Waals surface area contributed by atoms with Crippen molar-refractivity contribution in [3.63, 3.8) is 0 Å². The maximum atomic E-state index is 12.8. The van der Waals surface area contributed by atoms with Crippen LogP contribution in [0.2, 0.25) is 0 Å². The van der Waals surface area contributed by atoms with Gasteiger partial charge in [-0.2, -0.15) is 0 Å². The maximum Gasteiger partial charge on any atom is 0.255 e. The summed E-state index contributed by atoms with van der Waals surface area (Å²) in [7, 11) is 0. The van der Waals surface area contributed by atoms with Crippen LogP contribution in [0, 0.1) is 0 Å². The Morgan fingerprint density at radius 1 is 1.08 bits per heavy atom. The normalized spacial score (nSPS) is 14.6. The zero-order valence-corrected chi connectivity index (χ0v) is 14.0. The van der Waals surface area contributed by atoms with Crippen LogP contribution in [-0.4, -0.2) is 28.8 Å². The minimum Gasteiger partial charge on any atom is -0.352 e. The molecule has 0 aliphatic carbocycles. The molecule has 1 heterocycles. The van der Waals surface area contributed by atoms with Crippen LogP contribution in [0.15, 0.2) is 54.6 Å². The second-order valence-corrected chi connectivity index (χ2v) is 6.46. The Labute approximate surface area is 142 Å². The molecule has 0 aromatic heterocycles. The van der Waals surface area contributed by atoms with Crippen molar-refractivity contribution in [3.05, 3.63) is 71.3 Å². The van der Waals surface area contributed by atoms with Gasteiger partial charge in [0.25, 0.3) is 5.91 Å². The maximum absolute atomic E-state index is 12.8. The largest absolute Gasteiger partial charge is 0.352 e. The number of carbonyl (C=O) groups excluding carboxylic acids is 2. The van der Waals surface area contributed by atoms with Gasteiger partial charge in [0.1, 0.15) is 6.04 Å². The van der Waals surface area contributed by atoms with Gasteiger partial charge < -0.3 is 10.2 Å². The fraction of sp³-hybridized carbons (Fsp3) is 0.300. The first-order chi connectivity index (χ1) is 11.6. The first kappa shape index (κ1) is 16.2. The summed E-state index contributed by atoms with van der Waals surface area (Å²) in [5, 5.41) is 2.95. The molecule has 1 N–H and O–H groups in total. The second kappa shape index (κ2) is 6.87. The summed E-state index contributed by atoms with van der Waals surface area (Å²) in [5.74, 6) is -0.166. The molecule has 1 aliphatic rings. The van der Waals surface area contributed by atoms with Crippen molar-refractivity contribution < 1.29 is 9.59 Å². The smallest absolute Gasteiger partial charge is 0.255 e. The minimum atomic E-state index is -0.505. The van der Waals surface area contributed by atoms with Crippen molar-refractivity contribution in [1.29, 1.82) is 0 Å². The number of nitrogens with zero attached hydrogens (tertiary/aromatic N) is 1. The Balaban J connectivity index is 1.88. The van der Waals surface area contributed by atoms with Gasteiger partial charge >= 0.3 is 0 Å². The van der Waals surface area contributed by atoms with Crippen molar-refractivity contribution in [1.82, 2.24) is 10.2 Å². The summed E-state index contributed by atoms with van der Waals surface area (Å²) in [5.41, 5.74) is 2.73. The molecule has 2 aromatic rings. The number of carbonyl (C=O) groups is 2. The van der Waals surface area contributed by atoms with Gasteiger partial charge in [-0.25, -0.2) is 0 Å². The van der Waals surface area contributed by atoms with Crippen LogP contribution in [0.4, 0.5) is 0 Å². The Kier molecular flexibility index (Phi) is 4.65. The third kappa shape index (κ3) is 3.32. The lowest BCUT2D eigenvalue weighted by Gasteiger charge is -2.28. The van der Waals surface area contributed by atoms with Gasteiger partial charge in [-0.3, -0.25) is 9.59 Å². The Hall–Kier alpha value is -2.62. The summed E-state index contributed by atoms with van der Waals surface area (Å²) in [6.45, 7) is 4.34. The van der Waals surface area contributed by atoms with Crippen molar-refractivity contribution >= 4 is 11.8 Å². The molecule has 0 spiro atoms. The van der Waals surface area contributed by atoms with E-state index in [0.29, 0.717) is 18.5 Å². The molecule has 1 aliphatic heterocycles. The highest BCUT2D eigenvalue weighted by molar-refractivity contribution is 6.01. The quantitative estimate of drug-likeness (QED) is 0.920. The fourth-order valence-electron chi connectivity index (χ4n) is 3.09. The van der Waals surface area contributed by atoms with Crippen LogP contribution in [-0.2, 0) is 17.8 Å². The Morgan fingerprint density at radius 2 is 1.75 bits per heavy atom. The van der Waals surface area contributed by atoms with Crippen LogP contribution < -0.4 is 5.32 Å². The molecule has 0 saturated carbocycles. The van der Waals surface area contributed by atoms with Crippen molar-refractivity contribution in [2.45, 2.75) is 38.9 Å². The van der Waals surface area contributed by atoms with Gasteiger partial charge in [-0.05, 0) is 31.0 Å². The van der Waals surface area contributed by atoms with Gasteiger partial charge in [-0.15, -0.1) is 0 Å². The van der Waals surface area contributed by atoms with Gasteiger partial charge in [0, 0.05) is 24.6 Å². The van der Waals surface area contributed by atoms with Gasteiger partial charge in [0.2, 0.25) is 5.91 Å². The SMILES string of the molecule is CC(C)NC(=O)[C@H](Cc1ccccc1)N1Cc2ccccc2C1=O. The molecule has 0 saturated heterocycles. The van der Waals surface area contributed by atoms with Crippen LogP contribution in [0.25, 0.3) is 0 Å². The number of hydrogen-bond donors (Lipinski definition) is 1. The average Bonchev–Trinajstić information content (AvgIpc) is 2.90. The number of rotatable bonds is 5. The number of amides is 2. The van der Waals surface area contributed by atoms with Gasteiger partial charge in [-0.1, -0.05) is 48.5 Å². The van der Waals surface area contributed by atoms with E-state index in [0.717, 1.165) is 11.1 Å². The van der Waals surface area contributed by atoms with Crippen LogP contribution in [0.5, 0.6) is 0 Å². The molecule has 1 atom stereocenters. The van der Waals surface area contributed by atoms with Crippen molar-refractivity contribution in [2.75, 3.05) is 0 Å². The van der Waals surface area contributed by atoms with Crippen molar-refractivity contribution in [2.24, 2.45) is 0 Å². The highest BCUT2D eigenvalue weighted by Gasteiger charge is 2.36. The van der Waals surface area contributed by atoms with Gasteiger partial charge in [0.05, 0.1) is 0 Å². The van der Waals surface area contributed by atoms with Gasteiger partial charge in [0.15, 0.2) is 0 Å². The number of benzene rings is 2. The number of fused-ring (bicyclic) bond motifs is 1. The topological polar surface area (TPSA) is 49.4 Å². The Bertz CT molecular complexity index is 740. The lowest BCUT2D eigenvalue weighted by Crippen LogP contribution is -2.50. The summed E-state index contributed by atoms with van der Waals surface area (Å²) in [4.78, 5) is 27.2. The van der Waals surface area contributed by atoms with E-state index in [4.69, 9.17) is 0 Å². The molecule has 4 nitrogen and oxygen atoms in total. The third-order valence-electron chi connectivity index (χ3n) is 4.23. The molecule has 0 radical (unpaired) electrons. The summed E-state index contributed by atoms with van der Waals surface area (Å²) < 4.78 is 0. The molecule has 24 heavy (non-hydrogen) atoms.